The molecule has 62 heavy (non-hydrogen) atoms. The molecule has 0 aromatic heterocycles. The molecule has 12 unspecified atom stereocenters. The van der Waals surface area contributed by atoms with E-state index in [1.807, 2.05) is 19.1 Å². The van der Waals surface area contributed by atoms with E-state index in [9.17, 15) is 45.6 Å². The smallest absolute Gasteiger partial charge is 0.220 e. The van der Waals surface area contributed by atoms with Crippen molar-refractivity contribution in [1.29, 1.82) is 0 Å². The molecular weight excluding hydrogens is 799 g/mol. The van der Waals surface area contributed by atoms with E-state index in [2.05, 4.69) is 30.5 Å². The van der Waals surface area contributed by atoms with Crippen molar-refractivity contribution in [2.75, 3.05) is 19.8 Å². The summed E-state index contributed by atoms with van der Waals surface area (Å²) >= 11 is 0. The fourth-order valence-electron chi connectivity index (χ4n) is 7.92. The third kappa shape index (κ3) is 22.9. The van der Waals surface area contributed by atoms with Crippen LogP contribution in [-0.2, 0) is 23.7 Å². The van der Waals surface area contributed by atoms with Gasteiger partial charge in [-0.1, -0.05) is 159 Å². The predicted octanol–water partition coefficient (Wildman–Crippen LogP) is 5.54. The van der Waals surface area contributed by atoms with Crippen LogP contribution in [0.3, 0.4) is 0 Å². The van der Waals surface area contributed by atoms with Gasteiger partial charge in [-0.05, 0) is 39.0 Å². The second-order valence-electron chi connectivity index (χ2n) is 17.2. The summed E-state index contributed by atoms with van der Waals surface area (Å²) in [4.78, 5) is 13.1. The molecule has 9 N–H and O–H groups in total. The Kier molecular flexibility index (Phi) is 32.2. The van der Waals surface area contributed by atoms with E-state index in [4.69, 9.17) is 18.9 Å². The molecular formula is C48H87NO13. The molecule has 0 aromatic carbocycles. The van der Waals surface area contributed by atoms with Gasteiger partial charge in [0.15, 0.2) is 12.6 Å². The van der Waals surface area contributed by atoms with Crippen LogP contribution in [0.2, 0.25) is 0 Å². The maximum atomic E-state index is 13.1. The number of aliphatic hydroxyl groups is 8. The van der Waals surface area contributed by atoms with E-state index < -0.39 is 86.8 Å². The lowest BCUT2D eigenvalue weighted by Crippen LogP contribution is -2.65. The van der Waals surface area contributed by atoms with Crippen LogP contribution in [0, 0.1) is 0 Å². The fourth-order valence-corrected chi connectivity index (χ4v) is 7.92. The van der Waals surface area contributed by atoms with E-state index in [1.165, 1.54) is 96.3 Å². The summed E-state index contributed by atoms with van der Waals surface area (Å²) in [5.74, 6) is -0.256. The molecule has 12 atom stereocenters. The van der Waals surface area contributed by atoms with Gasteiger partial charge in [0.05, 0.1) is 32.0 Å². The summed E-state index contributed by atoms with van der Waals surface area (Å²) in [6, 6.07) is -0.931. The highest BCUT2D eigenvalue weighted by Crippen LogP contribution is 2.30. The number of hydrogen-bond acceptors (Lipinski definition) is 13. The zero-order valence-electron chi connectivity index (χ0n) is 38.1. The summed E-state index contributed by atoms with van der Waals surface area (Å²) in [7, 11) is 0. The summed E-state index contributed by atoms with van der Waals surface area (Å²) in [6.07, 6.45) is 22.3. The van der Waals surface area contributed by atoms with Gasteiger partial charge >= 0.3 is 0 Å². The Hall–Kier alpha value is -1.79. The number of nitrogens with one attached hydrogen (secondary N) is 1. The Balaban J connectivity index is 1.81. The van der Waals surface area contributed by atoms with Gasteiger partial charge in [0.1, 0.15) is 48.8 Å². The molecule has 2 aliphatic rings. The number of aliphatic hydroxyl groups excluding tert-OH is 8. The molecule has 2 rings (SSSR count). The lowest BCUT2D eigenvalue weighted by molar-refractivity contribution is -0.359. The van der Waals surface area contributed by atoms with E-state index in [1.54, 1.807) is 6.08 Å². The first kappa shape index (κ1) is 56.3. The monoisotopic (exact) mass is 886 g/mol. The Morgan fingerprint density at radius 1 is 0.597 bits per heavy atom. The van der Waals surface area contributed by atoms with Gasteiger partial charge < -0.3 is 65.1 Å². The van der Waals surface area contributed by atoms with Crippen molar-refractivity contribution in [1.82, 2.24) is 5.32 Å². The van der Waals surface area contributed by atoms with Crippen molar-refractivity contribution in [3.63, 3.8) is 0 Å². The lowest BCUT2D eigenvalue weighted by atomic mass is 9.97. The number of allylic oxidation sites excluding steroid dienone is 5. The Bertz CT molecular complexity index is 1190. The zero-order chi connectivity index (χ0) is 45.4. The molecule has 0 bridgehead atoms. The largest absolute Gasteiger partial charge is 0.394 e. The van der Waals surface area contributed by atoms with Crippen molar-refractivity contribution in [2.24, 2.45) is 0 Å². The molecule has 2 saturated heterocycles. The number of carbonyl (C=O) groups excluding carboxylic acids is 1. The minimum atomic E-state index is -1.79. The summed E-state index contributed by atoms with van der Waals surface area (Å²) < 4.78 is 22.6. The highest BCUT2D eigenvalue weighted by molar-refractivity contribution is 5.76. The number of unbranched alkanes of at least 4 members (excludes halogenated alkanes) is 20. The molecule has 0 aliphatic carbocycles. The normalized spacial score (nSPS) is 28.0. The highest BCUT2D eigenvalue weighted by Gasteiger charge is 2.51. The molecule has 1 amide bonds. The first-order valence-corrected chi connectivity index (χ1v) is 24.2. The fraction of sp³-hybridized carbons (Fsp3) is 0.854. The Morgan fingerprint density at radius 3 is 1.58 bits per heavy atom. The third-order valence-corrected chi connectivity index (χ3v) is 11.9. The van der Waals surface area contributed by atoms with Crippen LogP contribution in [-0.4, -0.2) is 140 Å². The first-order valence-electron chi connectivity index (χ1n) is 24.2. The van der Waals surface area contributed by atoms with Crippen molar-refractivity contribution < 1.29 is 64.6 Å². The highest BCUT2D eigenvalue weighted by atomic mass is 16.7. The second-order valence-corrected chi connectivity index (χ2v) is 17.2. The molecule has 362 valence electrons. The average molecular weight is 886 g/mol. The molecule has 14 nitrogen and oxygen atoms in total. The number of amides is 1. The summed E-state index contributed by atoms with van der Waals surface area (Å²) in [5, 5.41) is 86.4. The third-order valence-electron chi connectivity index (χ3n) is 11.9. The maximum Gasteiger partial charge on any atom is 0.220 e. The molecule has 2 heterocycles. The lowest BCUT2D eigenvalue weighted by Gasteiger charge is -2.46. The van der Waals surface area contributed by atoms with E-state index >= 15 is 0 Å². The van der Waals surface area contributed by atoms with Crippen LogP contribution in [0.25, 0.3) is 0 Å². The number of hydrogen-bond donors (Lipinski definition) is 9. The minimum absolute atomic E-state index is 0.256. The van der Waals surface area contributed by atoms with Gasteiger partial charge in [0.2, 0.25) is 5.91 Å². The van der Waals surface area contributed by atoms with Gasteiger partial charge in [-0.2, -0.15) is 0 Å². The van der Waals surface area contributed by atoms with Crippen LogP contribution < -0.4 is 5.32 Å². The van der Waals surface area contributed by atoms with Gasteiger partial charge in [-0.3, -0.25) is 4.79 Å². The van der Waals surface area contributed by atoms with E-state index in [-0.39, 0.29) is 18.9 Å². The van der Waals surface area contributed by atoms with Crippen molar-refractivity contribution >= 4 is 5.91 Å². The molecule has 0 spiro atoms. The first-order chi connectivity index (χ1) is 30.1. The standard InChI is InChI=1S/C48H87NO13/c1-3-5-7-9-11-13-14-15-16-17-18-19-20-21-22-24-26-28-30-32-40(53)49-36(37(52)31-29-27-25-23-12-10-8-6-4-2)35-59-47-45(58)43(56)46(39(34-51)61-47)62-48-44(57)42(55)41(54)38(33-50)60-48/h4,6,12,23,29,31,36-39,41-48,50-52,54-58H,3,5,7-11,13-22,24-28,30,32-35H2,1-2H3,(H,49,53)/b6-4+,23-12+,31-29+. The Labute approximate surface area is 372 Å². The molecule has 2 fully saturated rings. The van der Waals surface area contributed by atoms with Gasteiger partial charge in [0, 0.05) is 6.42 Å². The van der Waals surface area contributed by atoms with Gasteiger partial charge in [-0.25, -0.2) is 0 Å². The minimum Gasteiger partial charge on any atom is -0.394 e. The van der Waals surface area contributed by atoms with Crippen LogP contribution in [0.5, 0.6) is 0 Å². The summed E-state index contributed by atoms with van der Waals surface area (Å²) in [5.41, 5.74) is 0. The number of rotatable bonds is 36. The maximum absolute atomic E-state index is 13.1. The molecule has 0 radical (unpaired) electrons. The van der Waals surface area contributed by atoms with Crippen LogP contribution in [0.15, 0.2) is 36.5 Å². The van der Waals surface area contributed by atoms with Crippen molar-refractivity contribution in [2.45, 2.75) is 242 Å². The number of ether oxygens (including phenoxy) is 4. The van der Waals surface area contributed by atoms with Gasteiger partial charge in [-0.15, -0.1) is 0 Å². The van der Waals surface area contributed by atoms with E-state index in [0.29, 0.717) is 12.8 Å². The van der Waals surface area contributed by atoms with Crippen molar-refractivity contribution in [3.8, 4) is 0 Å². The van der Waals surface area contributed by atoms with Crippen LogP contribution in [0.1, 0.15) is 168 Å². The molecule has 14 heteroatoms. The molecule has 0 saturated carbocycles. The summed E-state index contributed by atoms with van der Waals surface area (Å²) in [6.45, 7) is 2.51. The zero-order valence-corrected chi connectivity index (χ0v) is 38.1. The van der Waals surface area contributed by atoms with Crippen LogP contribution in [0.4, 0.5) is 0 Å². The van der Waals surface area contributed by atoms with Crippen LogP contribution >= 0.6 is 0 Å². The number of carbonyl (C=O) groups is 1. The van der Waals surface area contributed by atoms with Crippen molar-refractivity contribution in [3.05, 3.63) is 36.5 Å². The van der Waals surface area contributed by atoms with Gasteiger partial charge in [0.25, 0.3) is 0 Å². The van der Waals surface area contributed by atoms with E-state index in [0.717, 1.165) is 38.5 Å². The average Bonchev–Trinajstić information content (AvgIpc) is 3.27. The second kappa shape index (κ2) is 35.5. The molecule has 2 aliphatic heterocycles. The molecule has 0 aromatic rings. The SMILES string of the molecule is C/C=C/CC/C=C/CC/C=C/C(O)C(COC1OC(CO)C(OC2OC(CO)C(O)C(O)C2O)C(O)C1O)NC(=O)CCCCCCCCCCCCCCCCCCCCC. The Morgan fingerprint density at radius 2 is 1.06 bits per heavy atom. The quantitative estimate of drug-likeness (QED) is 0.0279. The topological polar surface area (TPSA) is 228 Å². The predicted molar refractivity (Wildman–Crippen MR) is 240 cm³/mol.